The molecule has 0 atom stereocenters. The van der Waals surface area contributed by atoms with E-state index in [9.17, 15) is 9.59 Å². The summed E-state index contributed by atoms with van der Waals surface area (Å²) in [5.41, 5.74) is 2.49. The van der Waals surface area contributed by atoms with E-state index < -0.39 is 6.09 Å². The van der Waals surface area contributed by atoms with Gasteiger partial charge in [-0.1, -0.05) is 35.9 Å². The molecule has 1 N–H and O–H groups in total. The molecule has 0 radical (unpaired) electrons. The molecular formula is C21H24ClN3O3. The van der Waals surface area contributed by atoms with E-state index in [0.29, 0.717) is 17.3 Å². The van der Waals surface area contributed by atoms with Gasteiger partial charge in [0.15, 0.2) is 0 Å². The van der Waals surface area contributed by atoms with Crippen molar-refractivity contribution in [1.82, 2.24) is 9.80 Å². The average Bonchev–Trinajstić information content (AvgIpc) is 3.23. The topological polar surface area (TPSA) is 61.9 Å². The van der Waals surface area contributed by atoms with E-state index in [1.54, 1.807) is 36.2 Å². The van der Waals surface area contributed by atoms with E-state index in [1.165, 1.54) is 0 Å². The molecule has 0 saturated carbocycles. The summed E-state index contributed by atoms with van der Waals surface area (Å²) >= 11 is 5.83. The summed E-state index contributed by atoms with van der Waals surface area (Å²) in [6.07, 6.45) is 1.63. The van der Waals surface area contributed by atoms with E-state index in [1.807, 2.05) is 29.2 Å². The van der Waals surface area contributed by atoms with E-state index in [2.05, 4.69) is 5.32 Å². The van der Waals surface area contributed by atoms with Crippen molar-refractivity contribution in [1.29, 1.82) is 0 Å². The van der Waals surface area contributed by atoms with Crippen LogP contribution in [0, 0.1) is 0 Å². The Bertz CT molecular complexity index is 803. The van der Waals surface area contributed by atoms with Gasteiger partial charge in [-0.2, -0.15) is 0 Å². The molecule has 28 heavy (non-hydrogen) atoms. The number of amides is 3. The number of likely N-dealkylation sites (tertiary alicyclic amines) is 1. The summed E-state index contributed by atoms with van der Waals surface area (Å²) in [6.45, 7) is 2.37. The van der Waals surface area contributed by atoms with Crippen molar-refractivity contribution in [3.8, 4) is 0 Å². The number of nitrogens with zero attached hydrogens (tertiary/aromatic N) is 2. The second kappa shape index (κ2) is 9.46. The van der Waals surface area contributed by atoms with Gasteiger partial charge in [0.25, 0.3) is 0 Å². The van der Waals surface area contributed by atoms with Crippen molar-refractivity contribution >= 4 is 29.4 Å². The van der Waals surface area contributed by atoms with Crippen LogP contribution >= 0.6 is 11.6 Å². The van der Waals surface area contributed by atoms with Gasteiger partial charge < -0.3 is 14.5 Å². The minimum atomic E-state index is -0.524. The molecule has 1 heterocycles. The molecule has 6 nitrogen and oxygen atoms in total. The van der Waals surface area contributed by atoms with Crippen molar-refractivity contribution in [2.75, 3.05) is 25.5 Å². The highest BCUT2D eigenvalue weighted by Gasteiger charge is 2.21. The second-order valence-corrected chi connectivity index (χ2v) is 7.29. The van der Waals surface area contributed by atoms with Gasteiger partial charge >= 0.3 is 12.1 Å². The Balaban J connectivity index is 1.46. The second-order valence-electron chi connectivity index (χ2n) is 6.86. The number of carbonyl (C=O) groups is 2. The fraction of sp³-hybridized carbons (Fsp3) is 0.333. The van der Waals surface area contributed by atoms with Crippen LogP contribution in [-0.2, 0) is 17.9 Å². The molecule has 0 aromatic heterocycles. The number of anilines is 1. The highest BCUT2D eigenvalue weighted by molar-refractivity contribution is 6.30. The summed E-state index contributed by atoms with van der Waals surface area (Å²) in [5.74, 6) is 0. The minimum absolute atomic E-state index is 0.0606. The van der Waals surface area contributed by atoms with Crippen LogP contribution in [0.25, 0.3) is 0 Å². The monoisotopic (exact) mass is 401 g/mol. The molecule has 0 bridgehead atoms. The standard InChI is InChI=1S/C21H24ClN3O3/c1-24(21(27)25-12-2-3-13-25)14-16-6-10-19(11-7-16)23-20(26)28-15-17-4-8-18(22)9-5-17/h4-11H,2-3,12-15H2,1H3,(H,23,26). The fourth-order valence-electron chi connectivity index (χ4n) is 3.07. The van der Waals surface area contributed by atoms with Crippen molar-refractivity contribution in [3.05, 3.63) is 64.7 Å². The number of halogens is 1. The smallest absolute Gasteiger partial charge is 0.411 e. The van der Waals surface area contributed by atoms with Crippen molar-refractivity contribution in [3.63, 3.8) is 0 Å². The SMILES string of the molecule is CN(Cc1ccc(NC(=O)OCc2ccc(Cl)cc2)cc1)C(=O)N1CCCC1. The normalized spacial score (nSPS) is 13.3. The number of rotatable bonds is 5. The molecule has 2 aromatic carbocycles. The molecule has 1 aliphatic rings. The first-order valence-electron chi connectivity index (χ1n) is 9.28. The molecule has 0 aliphatic carbocycles. The number of benzene rings is 2. The average molecular weight is 402 g/mol. The Morgan fingerprint density at radius 2 is 1.64 bits per heavy atom. The predicted molar refractivity (Wildman–Crippen MR) is 109 cm³/mol. The van der Waals surface area contributed by atoms with Crippen LogP contribution in [0.15, 0.2) is 48.5 Å². The largest absolute Gasteiger partial charge is 0.444 e. The maximum absolute atomic E-state index is 12.3. The molecule has 7 heteroatoms. The maximum atomic E-state index is 12.3. The van der Waals surface area contributed by atoms with Gasteiger partial charge in [-0.25, -0.2) is 9.59 Å². The maximum Gasteiger partial charge on any atom is 0.411 e. The molecular weight excluding hydrogens is 378 g/mol. The quantitative estimate of drug-likeness (QED) is 0.787. The molecule has 0 unspecified atom stereocenters. The van der Waals surface area contributed by atoms with Gasteiger partial charge in [-0.15, -0.1) is 0 Å². The van der Waals surface area contributed by atoms with Gasteiger partial charge in [-0.05, 0) is 48.2 Å². The summed E-state index contributed by atoms with van der Waals surface area (Å²) in [7, 11) is 1.81. The highest BCUT2D eigenvalue weighted by Crippen LogP contribution is 2.15. The zero-order valence-corrected chi connectivity index (χ0v) is 16.6. The van der Waals surface area contributed by atoms with E-state index in [4.69, 9.17) is 16.3 Å². The fourth-order valence-corrected chi connectivity index (χ4v) is 3.19. The van der Waals surface area contributed by atoms with Crippen LogP contribution in [0.5, 0.6) is 0 Å². The number of hydrogen-bond donors (Lipinski definition) is 1. The molecule has 2 aromatic rings. The zero-order valence-electron chi connectivity index (χ0n) is 15.9. The van der Waals surface area contributed by atoms with Gasteiger partial charge in [0.1, 0.15) is 6.61 Å². The van der Waals surface area contributed by atoms with Crippen LogP contribution in [-0.4, -0.2) is 42.1 Å². The zero-order chi connectivity index (χ0) is 19.9. The Morgan fingerprint density at radius 3 is 2.29 bits per heavy atom. The van der Waals surface area contributed by atoms with Crippen LogP contribution in [0.3, 0.4) is 0 Å². The first-order valence-corrected chi connectivity index (χ1v) is 9.66. The van der Waals surface area contributed by atoms with Gasteiger partial charge in [0, 0.05) is 37.4 Å². The molecule has 1 fully saturated rings. The van der Waals surface area contributed by atoms with Crippen molar-refractivity contribution in [2.45, 2.75) is 26.0 Å². The Labute approximate surface area is 170 Å². The summed E-state index contributed by atoms with van der Waals surface area (Å²) in [4.78, 5) is 27.9. The molecule has 3 rings (SSSR count). The third-order valence-corrected chi connectivity index (χ3v) is 4.86. The lowest BCUT2D eigenvalue weighted by atomic mass is 10.2. The third kappa shape index (κ3) is 5.63. The number of ether oxygens (including phenoxy) is 1. The van der Waals surface area contributed by atoms with Crippen molar-refractivity contribution < 1.29 is 14.3 Å². The first-order chi connectivity index (χ1) is 13.5. The predicted octanol–water partition coefficient (Wildman–Crippen LogP) is 4.74. The van der Waals surface area contributed by atoms with Gasteiger partial charge in [-0.3, -0.25) is 5.32 Å². The number of nitrogens with one attached hydrogen (secondary N) is 1. The van der Waals surface area contributed by atoms with E-state index >= 15 is 0 Å². The number of urea groups is 1. The van der Waals surface area contributed by atoms with Crippen molar-refractivity contribution in [2.24, 2.45) is 0 Å². The Hall–Kier alpha value is -2.73. The van der Waals surface area contributed by atoms with E-state index in [-0.39, 0.29) is 12.6 Å². The lowest BCUT2D eigenvalue weighted by Gasteiger charge is -2.24. The molecule has 1 aliphatic heterocycles. The molecule has 148 valence electrons. The van der Waals surface area contributed by atoms with Crippen LogP contribution in [0.1, 0.15) is 24.0 Å². The summed E-state index contributed by atoms with van der Waals surface area (Å²) in [6, 6.07) is 14.6. The van der Waals surface area contributed by atoms with Gasteiger partial charge in [0.05, 0.1) is 0 Å². The number of hydrogen-bond acceptors (Lipinski definition) is 3. The third-order valence-electron chi connectivity index (χ3n) is 4.61. The lowest BCUT2D eigenvalue weighted by Crippen LogP contribution is -2.38. The van der Waals surface area contributed by atoms with Crippen LogP contribution < -0.4 is 5.32 Å². The molecule has 0 spiro atoms. The Kier molecular flexibility index (Phi) is 6.76. The summed E-state index contributed by atoms with van der Waals surface area (Å²) in [5, 5.41) is 3.34. The molecule has 3 amide bonds. The minimum Gasteiger partial charge on any atom is -0.444 e. The lowest BCUT2D eigenvalue weighted by molar-refractivity contribution is 0.155. The Morgan fingerprint density at radius 1 is 1.04 bits per heavy atom. The first kappa shape index (κ1) is 20.0. The van der Waals surface area contributed by atoms with Crippen LogP contribution in [0.2, 0.25) is 5.02 Å². The number of carbonyl (C=O) groups excluding carboxylic acids is 2. The van der Waals surface area contributed by atoms with Gasteiger partial charge in [0.2, 0.25) is 0 Å². The molecule has 1 saturated heterocycles. The van der Waals surface area contributed by atoms with Crippen LogP contribution in [0.4, 0.5) is 15.3 Å². The summed E-state index contributed by atoms with van der Waals surface area (Å²) < 4.78 is 5.20. The van der Waals surface area contributed by atoms with E-state index in [0.717, 1.165) is 37.1 Å². The highest BCUT2D eigenvalue weighted by atomic mass is 35.5.